The van der Waals surface area contributed by atoms with Gasteiger partial charge in [0.1, 0.15) is 0 Å². The molecular formula is C16H31N3O2. The van der Waals surface area contributed by atoms with Crippen LogP contribution in [0.2, 0.25) is 0 Å². The Hall–Kier alpha value is -1.10. The van der Waals surface area contributed by atoms with E-state index in [4.69, 9.17) is 0 Å². The summed E-state index contributed by atoms with van der Waals surface area (Å²) in [5, 5.41) is 3.24. The quantitative estimate of drug-likeness (QED) is 0.741. The predicted molar refractivity (Wildman–Crippen MR) is 85.1 cm³/mol. The number of amides is 2. The second-order valence-electron chi connectivity index (χ2n) is 5.85. The van der Waals surface area contributed by atoms with Crippen molar-refractivity contribution in [1.29, 1.82) is 0 Å². The van der Waals surface area contributed by atoms with Crippen molar-refractivity contribution in [3.63, 3.8) is 0 Å². The van der Waals surface area contributed by atoms with E-state index < -0.39 is 0 Å². The Morgan fingerprint density at radius 1 is 1.19 bits per heavy atom. The fourth-order valence-electron chi connectivity index (χ4n) is 2.87. The lowest BCUT2D eigenvalue weighted by Gasteiger charge is -2.32. The van der Waals surface area contributed by atoms with Crippen molar-refractivity contribution in [1.82, 2.24) is 15.1 Å². The molecule has 5 nitrogen and oxygen atoms in total. The Kier molecular flexibility index (Phi) is 8.35. The number of likely N-dealkylation sites (tertiary alicyclic amines) is 1. The molecule has 1 heterocycles. The topological polar surface area (TPSA) is 52.7 Å². The smallest absolute Gasteiger partial charge is 0.223 e. The van der Waals surface area contributed by atoms with Gasteiger partial charge in [-0.3, -0.25) is 9.59 Å². The van der Waals surface area contributed by atoms with Crippen LogP contribution in [0.25, 0.3) is 0 Å². The van der Waals surface area contributed by atoms with E-state index in [-0.39, 0.29) is 11.8 Å². The van der Waals surface area contributed by atoms with Crippen LogP contribution in [0.5, 0.6) is 0 Å². The van der Waals surface area contributed by atoms with Gasteiger partial charge in [-0.25, -0.2) is 0 Å². The number of hydrogen-bond donors (Lipinski definition) is 1. The van der Waals surface area contributed by atoms with Gasteiger partial charge in [-0.15, -0.1) is 0 Å². The summed E-state index contributed by atoms with van der Waals surface area (Å²) < 4.78 is 0. The Morgan fingerprint density at radius 3 is 2.43 bits per heavy atom. The lowest BCUT2D eigenvalue weighted by molar-refractivity contribution is -0.137. The van der Waals surface area contributed by atoms with Gasteiger partial charge < -0.3 is 15.1 Å². The molecule has 5 heteroatoms. The van der Waals surface area contributed by atoms with E-state index >= 15 is 0 Å². The first kappa shape index (κ1) is 18.0. The maximum Gasteiger partial charge on any atom is 0.223 e. The number of rotatable bonds is 8. The third kappa shape index (κ3) is 6.04. The molecule has 0 aromatic rings. The monoisotopic (exact) mass is 297 g/mol. The van der Waals surface area contributed by atoms with Crippen molar-refractivity contribution in [3.8, 4) is 0 Å². The molecule has 1 N–H and O–H groups in total. The first-order chi connectivity index (χ1) is 10.1. The number of carbonyl (C=O) groups is 2. The molecule has 1 aliphatic rings. The van der Waals surface area contributed by atoms with Crippen LogP contribution >= 0.6 is 0 Å². The largest absolute Gasteiger partial charge is 0.343 e. The maximum absolute atomic E-state index is 12.2. The van der Waals surface area contributed by atoms with Gasteiger partial charge >= 0.3 is 0 Å². The van der Waals surface area contributed by atoms with Crippen LogP contribution in [0.1, 0.15) is 52.4 Å². The van der Waals surface area contributed by atoms with Crippen LogP contribution in [0.15, 0.2) is 0 Å². The van der Waals surface area contributed by atoms with Crippen molar-refractivity contribution < 1.29 is 9.59 Å². The summed E-state index contributed by atoms with van der Waals surface area (Å²) in [7, 11) is 1.94. The number of carbonyl (C=O) groups excluding carboxylic acids is 2. The van der Waals surface area contributed by atoms with Crippen molar-refractivity contribution >= 4 is 11.8 Å². The summed E-state index contributed by atoms with van der Waals surface area (Å²) in [5.74, 6) is 0.241. The van der Waals surface area contributed by atoms with E-state index in [1.165, 1.54) is 0 Å². The minimum absolute atomic E-state index is 0.120. The minimum Gasteiger partial charge on any atom is -0.343 e. The van der Waals surface area contributed by atoms with Gasteiger partial charge in [-0.05, 0) is 32.7 Å². The molecular weight excluding hydrogens is 266 g/mol. The lowest BCUT2D eigenvalue weighted by Crippen LogP contribution is -2.47. The van der Waals surface area contributed by atoms with Crippen LogP contribution in [0.3, 0.4) is 0 Å². The zero-order valence-corrected chi connectivity index (χ0v) is 13.9. The molecule has 2 amide bonds. The van der Waals surface area contributed by atoms with Crippen molar-refractivity contribution in [2.45, 2.75) is 58.4 Å². The number of hydrogen-bond acceptors (Lipinski definition) is 3. The van der Waals surface area contributed by atoms with Gasteiger partial charge in [0.15, 0.2) is 0 Å². The molecule has 1 unspecified atom stereocenters. The fourth-order valence-corrected chi connectivity index (χ4v) is 2.87. The Bertz CT molecular complexity index is 327. The molecule has 0 aliphatic carbocycles. The summed E-state index contributed by atoms with van der Waals surface area (Å²) in [5.41, 5.74) is 0. The highest BCUT2D eigenvalue weighted by Crippen LogP contribution is 2.12. The minimum atomic E-state index is 0.120. The number of piperidine rings is 1. The number of likely N-dealkylation sites (N-methyl/N-ethyl adjacent to an activating group) is 1. The molecule has 1 aliphatic heterocycles. The molecule has 0 saturated carbocycles. The molecule has 1 atom stereocenters. The Balaban J connectivity index is 2.38. The van der Waals surface area contributed by atoms with Crippen LogP contribution in [-0.4, -0.2) is 60.9 Å². The van der Waals surface area contributed by atoms with Crippen LogP contribution in [0.4, 0.5) is 0 Å². The van der Waals surface area contributed by atoms with Crippen LogP contribution in [0, 0.1) is 0 Å². The molecule has 122 valence electrons. The second-order valence-corrected chi connectivity index (χ2v) is 5.85. The Morgan fingerprint density at radius 2 is 1.86 bits per heavy atom. The maximum atomic E-state index is 12.2. The summed E-state index contributed by atoms with van der Waals surface area (Å²) in [4.78, 5) is 28.2. The highest BCUT2D eigenvalue weighted by atomic mass is 16.2. The van der Waals surface area contributed by atoms with E-state index in [2.05, 4.69) is 19.2 Å². The third-order valence-corrected chi connectivity index (χ3v) is 4.07. The van der Waals surface area contributed by atoms with Crippen LogP contribution in [-0.2, 0) is 9.59 Å². The van der Waals surface area contributed by atoms with E-state index in [0.717, 1.165) is 51.9 Å². The van der Waals surface area contributed by atoms with Crippen molar-refractivity contribution in [2.75, 3.05) is 33.2 Å². The average Bonchev–Trinajstić information content (AvgIpc) is 2.52. The van der Waals surface area contributed by atoms with Crippen molar-refractivity contribution in [2.24, 2.45) is 0 Å². The SMILES string of the molecule is CCCN(CCC)C(=O)CCC(=O)N1CCCC(NC)C1. The van der Waals surface area contributed by atoms with E-state index in [0.29, 0.717) is 18.9 Å². The van der Waals surface area contributed by atoms with Crippen LogP contribution < -0.4 is 5.32 Å². The number of nitrogens with zero attached hydrogens (tertiary/aromatic N) is 2. The highest BCUT2D eigenvalue weighted by Gasteiger charge is 2.23. The lowest BCUT2D eigenvalue weighted by atomic mass is 10.1. The van der Waals surface area contributed by atoms with E-state index in [1.807, 2.05) is 16.8 Å². The van der Waals surface area contributed by atoms with Crippen molar-refractivity contribution in [3.05, 3.63) is 0 Å². The normalized spacial score (nSPS) is 18.6. The average molecular weight is 297 g/mol. The zero-order valence-electron chi connectivity index (χ0n) is 13.9. The zero-order chi connectivity index (χ0) is 15.7. The molecule has 1 rings (SSSR count). The third-order valence-electron chi connectivity index (χ3n) is 4.07. The van der Waals surface area contributed by atoms with Gasteiger partial charge in [0, 0.05) is 45.1 Å². The molecule has 0 radical (unpaired) electrons. The van der Waals surface area contributed by atoms with Gasteiger partial charge in [0.25, 0.3) is 0 Å². The molecule has 1 fully saturated rings. The Labute approximate surface area is 129 Å². The molecule has 1 saturated heterocycles. The highest BCUT2D eigenvalue weighted by molar-refractivity contribution is 5.83. The summed E-state index contributed by atoms with van der Waals surface area (Å²) >= 11 is 0. The van der Waals surface area contributed by atoms with E-state index in [1.54, 1.807) is 0 Å². The summed E-state index contributed by atoms with van der Waals surface area (Å²) in [6, 6.07) is 0.398. The molecule has 0 aromatic carbocycles. The first-order valence-corrected chi connectivity index (χ1v) is 8.35. The van der Waals surface area contributed by atoms with Gasteiger partial charge in [0.2, 0.25) is 11.8 Å². The predicted octanol–water partition coefficient (Wildman–Crippen LogP) is 1.63. The molecule has 0 aromatic heterocycles. The molecule has 0 bridgehead atoms. The van der Waals surface area contributed by atoms with Gasteiger partial charge in [0.05, 0.1) is 0 Å². The standard InChI is InChI=1S/C16H31N3O2/c1-4-10-18(11-5-2)15(20)8-9-16(21)19-12-6-7-14(13-19)17-3/h14,17H,4-13H2,1-3H3. The van der Waals surface area contributed by atoms with Gasteiger partial charge in [-0.2, -0.15) is 0 Å². The molecule has 21 heavy (non-hydrogen) atoms. The summed E-state index contributed by atoms with van der Waals surface area (Å²) in [6.07, 6.45) is 4.80. The first-order valence-electron chi connectivity index (χ1n) is 8.35. The fraction of sp³-hybridized carbons (Fsp3) is 0.875. The van der Waals surface area contributed by atoms with Gasteiger partial charge in [-0.1, -0.05) is 13.8 Å². The molecule has 0 spiro atoms. The number of nitrogens with one attached hydrogen (secondary N) is 1. The second kappa shape index (κ2) is 9.77. The van der Waals surface area contributed by atoms with E-state index in [9.17, 15) is 9.59 Å². The summed E-state index contributed by atoms with van der Waals surface area (Å²) in [6.45, 7) is 7.36.